The molecule has 2 heterocycles. The Morgan fingerprint density at radius 2 is 2.47 bits per heavy atom. The molecule has 4 heteroatoms. The summed E-state index contributed by atoms with van der Waals surface area (Å²) in [5.41, 5.74) is 1.01. The van der Waals surface area contributed by atoms with Crippen LogP contribution in [-0.4, -0.2) is 9.67 Å². The number of hydrogen-bond donors (Lipinski definition) is 0. The molecule has 0 saturated carbocycles. The molecule has 0 atom stereocenters. The summed E-state index contributed by atoms with van der Waals surface area (Å²) in [6.45, 7) is 4.10. The van der Waals surface area contributed by atoms with Crippen molar-refractivity contribution in [3.63, 3.8) is 0 Å². The van der Waals surface area contributed by atoms with Crippen LogP contribution in [0.25, 0.3) is 0 Å². The highest BCUT2D eigenvalue weighted by Crippen LogP contribution is 1.94. The fraction of sp³-hybridized carbons (Fsp3) is 0.455. The molecule has 0 aromatic carbocycles. The van der Waals surface area contributed by atoms with Gasteiger partial charge in [0.1, 0.15) is 18.9 Å². The Labute approximate surface area is 89.6 Å². The zero-order valence-corrected chi connectivity index (χ0v) is 9.00. The molecule has 0 bridgehead atoms. The summed E-state index contributed by atoms with van der Waals surface area (Å²) in [6, 6.07) is 1.94. The van der Waals surface area contributed by atoms with Gasteiger partial charge in [0.25, 0.3) is 0 Å². The van der Waals surface area contributed by atoms with Gasteiger partial charge in [0.05, 0.1) is 12.2 Å². The molecule has 0 aliphatic rings. The molecule has 0 fully saturated rings. The van der Waals surface area contributed by atoms with Gasteiger partial charge >= 0.3 is 0 Å². The van der Waals surface area contributed by atoms with Crippen LogP contribution in [0, 0.1) is 0 Å². The van der Waals surface area contributed by atoms with Crippen molar-refractivity contribution in [3.8, 4) is 0 Å². The van der Waals surface area contributed by atoms with E-state index in [1.807, 2.05) is 6.07 Å². The van der Waals surface area contributed by atoms with Gasteiger partial charge in [-0.25, -0.2) is 9.13 Å². The second-order valence-electron chi connectivity index (χ2n) is 3.70. The molecule has 0 unspecified atom stereocenters. The Hall–Kier alpha value is -1.58. The number of aryl methyl sites for hydroxylation is 1. The van der Waals surface area contributed by atoms with Gasteiger partial charge in [-0.3, -0.25) is 0 Å². The molecule has 0 N–H and O–H groups in total. The largest absolute Gasteiger partial charge is 0.581 e. The third-order valence-electron chi connectivity index (χ3n) is 2.38. The first-order valence-electron chi connectivity index (χ1n) is 5.36. The van der Waals surface area contributed by atoms with Gasteiger partial charge in [-0.15, -0.1) is 0 Å². The fourth-order valence-corrected chi connectivity index (χ4v) is 1.54. The third kappa shape index (κ3) is 2.68. The first kappa shape index (κ1) is 9.96. The van der Waals surface area contributed by atoms with E-state index < -0.39 is 0 Å². The lowest BCUT2D eigenvalue weighted by atomic mass is 10.3. The standard InChI is InChI=1S/C11H16N4/c1-2-3-6-14-7-8-15(10-14)9-11-4-5-12-13-11/h4-5,7-8,10H,2-3,6,9H2,1H3. The van der Waals surface area contributed by atoms with E-state index in [1.165, 1.54) is 12.8 Å². The highest BCUT2D eigenvalue weighted by Gasteiger charge is 2.03. The SMILES string of the molecule is CCCCn1cc[n+](Cc2cc[n-]n2)c1. The zero-order chi connectivity index (χ0) is 10.5. The number of nitrogens with zero attached hydrogens (tertiary/aromatic N) is 4. The maximum Gasteiger partial charge on any atom is 0.244 e. The predicted octanol–water partition coefficient (Wildman–Crippen LogP) is 0.976. The van der Waals surface area contributed by atoms with Crippen LogP contribution < -0.4 is 9.67 Å². The minimum atomic E-state index is 0.805. The normalized spacial score (nSPS) is 10.7. The maximum absolute atomic E-state index is 4.00. The van der Waals surface area contributed by atoms with Crippen LogP contribution in [0.4, 0.5) is 0 Å². The molecule has 0 spiro atoms. The second kappa shape index (κ2) is 4.77. The summed E-state index contributed by atoms with van der Waals surface area (Å²) in [5.74, 6) is 0. The van der Waals surface area contributed by atoms with E-state index in [-0.39, 0.29) is 0 Å². The van der Waals surface area contributed by atoms with Gasteiger partial charge in [-0.05, 0) is 6.42 Å². The lowest BCUT2D eigenvalue weighted by Gasteiger charge is -1.94. The van der Waals surface area contributed by atoms with Crippen LogP contribution >= 0.6 is 0 Å². The van der Waals surface area contributed by atoms with Crippen LogP contribution in [0.5, 0.6) is 0 Å². The van der Waals surface area contributed by atoms with Gasteiger partial charge in [0, 0.05) is 0 Å². The Morgan fingerprint density at radius 1 is 1.53 bits per heavy atom. The summed E-state index contributed by atoms with van der Waals surface area (Å²) in [7, 11) is 0. The van der Waals surface area contributed by atoms with Crippen LogP contribution in [-0.2, 0) is 13.1 Å². The topological polar surface area (TPSA) is 35.8 Å². The van der Waals surface area contributed by atoms with E-state index in [9.17, 15) is 0 Å². The average molecular weight is 204 g/mol. The van der Waals surface area contributed by atoms with Crippen LogP contribution in [0.15, 0.2) is 31.0 Å². The molecule has 0 radical (unpaired) electrons. The van der Waals surface area contributed by atoms with Gasteiger partial charge < -0.3 is 10.2 Å². The molecule has 0 saturated heterocycles. The van der Waals surface area contributed by atoms with Crippen LogP contribution in [0.1, 0.15) is 25.5 Å². The Morgan fingerprint density at radius 3 is 3.20 bits per heavy atom. The molecular weight excluding hydrogens is 188 g/mol. The fourth-order valence-electron chi connectivity index (χ4n) is 1.54. The molecule has 2 aromatic rings. The molecule has 0 aliphatic carbocycles. The minimum absolute atomic E-state index is 0.805. The van der Waals surface area contributed by atoms with Gasteiger partial charge in [0.15, 0.2) is 0 Å². The quantitative estimate of drug-likeness (QED) is 0.680. The van der Waals surface area contributed by atoms with E-state index in [0.717, 1.165) is 18.8 Å². The summed E-state index contributed by atoms with van der Waals surface area (Å²) in [5, 5.41) is 7.81. The van der Waals surface area contributed by atoms with Gasteiger partial charge in [-0.1, -0.05) is 19.4 Å². The van der Waals surface area contributed by atoms with Crippen molar-refractivity contribution >= 4 is 0 Å². The zero-order valence-electron chi connectivity index (χ0n) is 9.00. The highest BCUT2D eigenvalue weighted by atomic mass is 15.1. The summed E-state index contributed by atoms with van der Waals surface area (Å²) < 4.78 is 4.33. The second-order valence-corrected chi connectivity index (χ2v) is 3.70. The number of aromatic nitrogens is 4. The molecule has 15 heavy (non-hydrogen) atoms. The molecule has 0 amide bonds. The van der Waals surface area contributed by atoms with Crippen molar-refractivity contribution in [1.29, 1.82) is 0 Å². The van der Waals surface area contributed by atoms with Crippen molar-refractivity contribution < 1.29 is 4.57 Å². The molecule has 4 nitrogen and oxygen atoms in total. The summed E-state index contributed by atoms with van der Waals surface area (Å²) in [6.07, 6.45) is 10.5. The van der Waals surface area contributed by atoms with E-state index in [0.29, 0.717) is 0 Å². The summed E-state index contributed by atoms with van der Waals surface area (Å²) >= 11 is 0. The minimum Gasteiger partial charge on any atom is -0.581 e. The van der Waals surface area contributed by atoms with Crippen molar-refractivity contribution in [2.24, 2.45) is 0 Å². The van der Waals surface area contributed by atoms with E-state index in [2.05, 4.69) is 45.0 Å². The lowest BCUT2D eigenvalue weighted by molar-refractivity contribution is -0.688. The molecule has 0 aliphatic heterocycles. The van der Waals surface area contributed by atoms with E-state index >= 15 is 0 Å². The first-order chi connectivity index (χ1) is 7.38. The molecule has 80 valence electrons. The Kier molecular flexibility index (Phi) is 3.17. The van der Waals surface area contributed by atoms with Crippen molar-refractivity contribution in [2.45, 2.75) is 32.9 Å². The number of unbranched alkanes of at least 4 members (excludes halogenated alkanes) is 1. The smallest absolute Gasteiger partial charge is 0.244 e. The highest BCUT2D eigenvalue weighted by molar-refractivity contribution is 4.94. The van der Waals surface area contributed by atoms with Crippen molar-refractivity contribution in [3.05, 3.63) is 36.7 Å². The van der Waals surface area contributed by atoms with Crippen molar-refractivity contribution in [2.75, 3.05) is 0 Å². The summed E-state index contributed by atoms with van der Waals surface area (Å²) in [4.78, 5) is 0. The van der Waals surface area contributed by atoms with E-state index in [1.54, 1.807) is 6.20 Å². The Bertz CT molecular complexity index is 388. The van der Waals surface area contributed by atoms with Gasteiger partial charge in [0.2, 0.25) is 6.33 Å². The maximum atomic E-state index is 4.00. The van der Waals surface area contributed by atoms with Crippen molar-refractivity contribution in [1.82, 2.24) is 14.8 Å². The van der Waals surface area contributed by atoms with Gasteiger partial charge in [-0.2, -0.15) is 6.20 Å². The van der Waals surface area contributed by atoms with E-state index in [4.69, 9.17) is 0 Å². The number of imidazole rings is 1. The monoisotopic (exact) mass is 204 g/mol. The first-order valence-corrected chi connectivity index (χ1v) is 5.36. The van der Waals surface area contributed by atoms with Crippen LogP contribution in [0.3, 0.4) is 0 Å². The van der Waals surface area contributed by atoms with Crippen LogP contribution in [0.2, 0.25) is 0 Å². The lowest BCUT2D eigenvalue weighted by Crippen LogP contribution is -2.31. The number of rotatable bonds is 5. The molecule has 2 aromatic heterocycles. The molecule has 2 rings (SSSR count). The third-order valence-corrected chi connectivity index (χ3v) is 2.38. The number of hydrogen-bond acceptors (Lipinski definition) is 1. The molecular formula is C11H16N4. The Balaban J connectivity index is 1.95. The average Bonchev–Trinajstić information content (AvgIpc) is 2.87. The predicted molar refractivity (Wildman–Crippen MR) is 56.2 cm³/mol.